The highest BCUT2D eigenvalue weighted by Gasteiger charge is 2.29. The van der Waals surface area contributed by atoms with Crippen molar-refractivity contribution in [1.29, 1.82) is 0 Å². The van der Waals surface area contributed by atoms with E-state index in [-0.39, 0.29) is 24.0 Å². The molecule has 0 saturated heterocycles. The molecule has 4 aromatic rings. The smallest absolute Gasteiger partial charge is 0.326 e. The van der Waals surface area contributed by atoms with Gasteiger partial charge in [0, 0.05) is 11.4 Å². The maximum absolute atomic E-state index is 13.0. The number of anilines is 1. The van der Waals surface area contributed by atoms with Gasteiger partial charge in [-0.3, -0.25) is 5.32 Å². The topological polar surface area (TPSA) is 97.5 Å². The standard InChI is InChI=1S/C22H22N4O4/c1-14-10-11-17(28-14)13-26(16-7-3-4-8-16)22(27)23-21-25-24-20(30-21)19-12-15-6-2-5-9-18(15)29-19/h2,5-6,9-12,16H,3-4,7-8,13H2,1H3,(H,23,25,27). The van der Waals surface area contributed by atoms with Gasteiger partial charge in [-0.05, 0) is 44.0 Å². The van der Waals surface area contributed by atoms with Gasteiger partial charge in [-0.25, -0.2) is 4.79 Å². The molecule has 5 rings (SSSR count). The lowest BCUT2D eigenvalue weighted by Gasteiger charge is -2.27. The number of aryl methyl sites for hydroxylation is 1. The third kappa shape index (κ3) is 3.68. The molecule has 8 nitrogen and oxygen atoms in total. The molecule has 1 fully saturated rings. The number of fused-ring (bicyclic) bond motifs is 1. The molecule has 1 aromatic carbocycles. The maximum Gasteiger partial charge on any atom is 0.326 e. The van der Waals surface area contributed by atoms with Crippen LogP contribution in [-0.4, -0.2) is 27.2 Å². The summed E-state index contributed by atoms with van der Waals surface area (Å²) in [5.41, 5.74) is 0.734. The fraction of sp³-hybridized carbons (Fsp3) is 0.318. The number of carbonyl (C=O) groups is 1. The van der Waals surface area contributed by atoms with Crippen LogP contribution in [0.4, 0.5) is 10.8 Å². The molecule has 1 N–H and O–H groups in total. The first-order chi connectivity index (χ1) is 14.7. The predicted molar refractivity (Wildman–Crippen MR) is 110 cm³/mol. The molecule has 8 heteroatoms. The molecular formula is C22H22N4O4. The molecule has 0 unspecified atom stereocenters. The highest BCUT2D eigenvalue weighted by molar-refractivity contribution is 5.87. The minimum Gasteiger partial charge on any atom is -0.464 e. The van der Waals surface area contributed by atoms with E-state index in [0.717, 1.165) is 48.2 Å². The molecule has 1 aliphatic rings. The molecule has 154 valence electrons. The van der Waals surface area contributed by atoms with Crippen molar-refractivity contribution in [2.24, 2.45) is 0 Å². The van der Waals surface area contributed by atoms with E-state index in [9.17, 15) is 4.79 Å². The monoisotopic (exact) mass is 406 g/mol. The van der Waals surface area contributed by atoms with Crippen LogP contribution in [-0.2, 0) is 6.54 Å². The number of nitrogens with one attached hydrogen (secondary N) is 1. The predicted octanol–water partition coefficient (Wildman–Crippen LogP) is 5.36. The second kappa shape index (κ2) is 7.70. The highest BCUT2D eigenvalue weighted by atomic mass is 16.4. The molecule has 0 spiro atoms. The van der Waals surface area contributed by atoms with Crippen LogP contribution in [0.15, 0.2) is 55.7 Å². The van der Waals surface area contributed by atoms with E-state index < -0.39 is 0 Å². The van der Waals surface area contributed by atoms with E-state index >= 15 is 0 Å². The molecule has 2 amide bonds. The average Bonchev–Trinajstić information content (AvgIpc) is 3.52. The summed E-state index contributed by atoms with van der Waals surface area (Å²) in [5, 5.41) is 11.7. The van der Waals surface area contributed by atoms with Gasteiger partial charge in [-0.1, -0.05) is 36.1 Å². The van der Waals surface area contributed by atoms with E-state index in [4.69, 9.17) is 13.3 Å². The van der Waals surface area contributed by atoms with Crippen molar-refractivity contribution in [3.63, 3.8) is 0 Å². The largest absolute Gasteiger partial charge is 0.464 e. The van der Waals surface area contributed by atoms with Gasteiger partial charge in [0.2, 0.25) is 0 Å². The summed E-state index contributed by atoms with van der Waals surface area (Å²) in [6.07, 6.45) is 4.17. The van der Waals surface area contributed by atoms with Crippen molar-refractivity contribution >= 4 is 23.0 Å². The molecule has 3 aromatic heterocycles. The number of amides is 2. The fourth-order valence-electron chi connectivity index (χ4n) is 3.94. The van der Waals surface area contributed by atoms with Crippen LogP contribution in [0.1, 0.15) is 37.2 Å². The van der Waals surface area contributed by atoms with Crippen molar-refractivity contribution < 1.29 is 18.0 Å². The minimum absolute atomic E-state index is 0.0362. The van der Waals surface area contributed by atoms with Gasteiger partial charge in [0.1, 0.15) is 17.1 Å². The van der Waals surface area contributed by atoms with Crippen molar-refractivity contribution in [1.82, 2.24) is 15.1 Å². The van der Waals surface area contributed by atoms with Crippen LogP contribution < -0.4 is 5.32 Å². The first-order valence-electron chi connectivity index (χ1n) is 10.1. The Kier molecular flexibility index (Phi) is 4.74. The number of aromatic nitrogens is 2. The van der Waals surface area contributed by atoms with E-state index in [1.807, 2.05) is 49.4 Å². The van der Waals surface area contributed by atoms with Crippen LogP contribution in [0, 0.1) is 6.92 Å². The third-order valence-electron chi connectivity index (χ3n) is 5.42. The Labute approximate surface area is 172 Å². The molecule has 0 aliphatic heterocycles. The first-order valence-corrected chi connectivity index (χ1v) is 10.1. The number of hydrogen-bond donors (Lipinski definition) is 1. The second-order valence-electron chi connectivity index (χ2n) is 7.57. The summed E-state index contributed by atoms with van der Waals surface area (Å²) in [6.45, 7) is 2.29. The lowest BCUT2D eigenvalue weighted by molar-refractivity contribution is 0.177. The van der Waals surface area contributed by atoms with Crippen LogP contribution in [0.3, 0.4) is 0 Å². The Balaban J connectivity index is 1.33. The molecule has 30 heavy (non-hydrogen) atoms. The normalized spacial score (nSPS) is 14.4. The summed E-state index contributed by atoms with van der Waals surface area (Å²) < 4.78 is 17.1. The summed E-state index contributed by atoms with van der Waals surface area (Å²) in [4.78, 5) is 14.8. The Morgan fingerprint density at radius 2 is 1.93 bits per heavy atom. The highest BCUT2D eigenvalue weighted by Crippen LogP contribution is 2.29. The molecule has 0 atom stereocenters. The number of urea groups is 1. The van der Waals surface area contributed by atoms with Crippen molar-refractivity contribution in [3.05, 3.63) is 54.0 Å². The number of carbonyl (C=O) groups excluding carboxylic acids is 1. The molecular weight excluding hydrogens is 384 g/mol. The van der Waals surface area contributed by atoms with E-state index in [1.165, 1.54) is 0 Å². The molecule has 1 saturated carbocycles. The van der Waals surface area contributed by atoms with Gasteiger partial charge in [0.15, 0.2) is 5.76 Å². The van der Waals surface area contributed by atoms with Gasteiger partial charge in [-0.15, -0.1) is 5.10 Å². The van der Waals surface area contributed by atoms with E-state index in [0.29, 0.717) is 12.3 Å². The van der Waals surface area contributed by atoms with Gasteiger partial charge >= 0.3 is 12.0 Å². The lowest BCUT2D eigenvalue weighted by Crippen LogP contribution is -2.41. The molecule has 1 aliphatic carbocycles. The quantitative estimate of drug-likeness (QED) is 0.479. The number of rotatable bonds is 5. The van der Waals surface area contributed by atoms with Gasteiger partial charge < -0.3 is 18.2 Å². The number of para-hydroxylation sites is 1. The zero-order valence-corrected chi connectivity index (χ0v) is 16.6. The van der Waals surface area contributed by atoms with Crippen LogP contribution in [0.25, 0.3) is 22.6 Å². The Bertz CT molecular complexity index is 1140. The maximum atomic E-state index is 13.0. The van der Waals surface area contributed by atoms with Crippen molar-refractivity contribution in [2.45, 2.75) is 45.2 Å². The Hall–Kier alpha value is -3.55. The number of nitrogens with zero attached hydrogens (tertiary/aromatic N) is 3. The zero-order valence-electron chi connectivity index (χ0n) is 16.6. The fourth-order valence-corrected chi connectivity index (χ4v) is 3.94. The van der Waals surface area contributed by atoms with Crippen molar-refractivity contribution in [3.8, 4) is 11.7 Å². The third-order valence-corrected chi connectivity index (χ3v) is 5.42. The SMILES string of the molecule is Cc1ccc(CN(C(=O)Nc2nnc(-c3cc4ccccc4o3)o2)C2CCCC2)o1. The van der Waals surface area contributed by atoms with Crippen LogP contribution in [0.5, 0.6) is 0 Å². The van der Waals surface area contributed by atoms with Gasteiger partial charge in [0.25, 0.3) is 5.89 Å². The number of furan rings is 2. The van der Waals surface area contributed by atoms with E-state index in [1.54, 1.807) is 4.90 Å². The summed E-state index contributed by atoms with van der Waals surface area (Å²) in [5.74, 6) is 2.26. The summed E-state index contributed by atoms with van der Waals surface area (Å²) in [7, 11) is 0. The zero-order chi connectivity index (χ0) is 20.5. The molecule has 0 bridgehead atoms. The first kappa shape index (κ1) is 18.5. The van der Waals surface area contributed by atoms with Gasteiger partial charge in [0.05, 0.1) is 6.54 Å². The molecule has 0 radical (unpaired) electrons. The number of benzene rings is 1. The average molecular weight is 406 g/mol. The minimum atomic E-state index is -0.282. The second-order valence-corrected chi connectivity index (χ2v) is 7.57. The lowest BCUT2D eigenvalue weighted by atomic mass is 10.2. The summed E-state index contributed by atoms with van der Waals surface area (Å²) in [6, 6.07) is 13.2. The number of hydrogen-bond acceptors (Lipinski definition) is 6. The van der Waals surface area contributed by atoms with Crippen molar-refractivity contribution in [2.75, 3.05) is 5.32 Å². The Morgan fingerprint density at radius 3 is 2.70 bits per heavy atom. The Morgan fingerprint density at radius 1 is 1.10 bits per heavy atom. The van der Waals surface area contributed by atoms with E-state index in [2.05, 4.69) is 15.5 Å². The molecule has 3 heterocycles. The summed E-state index contributed by atoms with van der Waals surface area (Å²) >= 11 is 0. The van der Waals surface area contributed by atoms with Crippen LogP contribution in [0.2, 0.25) is 0 Å². The van der Waals surface area contributed by atoms with Crippen LogP contribution >= 0.6 is 0 Å². The van der Waals surface area contributed by atoms with Gasteiger partial charge in [-0.2, -0.15) is 0 Å².